The molecule has 0 saturated carbocycles. The molecule has 0 bridgehead atoms. The van der Waals surface area contributed by atoms with Gasteiger partial charge in [-0.15, -0.1) is 0 Å². The largest absolute Gasteiger partial charge is 0.493 e. The first-order chi connectivity index (χ1) is 10.6. The topological polar surface area (TPSA) is 48.1 Å². The van der Waals surface area contributed by atoms with Crippen LogP contribution in [0.5, 0.6) is 5.75 Å². The second-order valence-electron chi connectivity index (χ2n) is 4.68. The van der Waals surface area contributed by atoms with Gasteiger partial charge >= 0.3 is 6.18 Å². The zero-order valence-electron chi connectivity index (χ0n) is 12.2. The third-order valence-electron chi connectivity index (χ3n) is 3.30. The number of ether oxygens (including phenoxy) is 1. The summed E-state index contributed by atoms with van der Waals surface area (Å²) >= 11 is 0. The summed E-state index contributed by atoms with van der Waals surface area (Å²) in [6.45, 7) is 0.637. The van der Waals surface area contributed by atoms with Crippen molar-refractivity contribution in [3.8, 4) is 16.9 Å². The van der Waals surface area contributed by atoms with Crippen molar-refractivity contribution in [2.45, 2.75) is 19.0 Å². The van der Waals surface area contributed by atoms with Gasteiger partial charge in [0, 0.05) is 17.3 Å². The van der Waals surface area contributed by atoms with Crippen molar-refractivity contribution in [2.24, 2.45) is 5.73 Å². The summed E-state index contributed by atoms with van der Waals surface area (Å²) in [6, 6.07) is 8.14. The molecule has 0 atom stereocenters. The van der Waals surface area contributed by atoms with Crippen LogP contribution in [-0.4, -0.2) is 18.6 Å². The minimum atomic E-state index is -4.41. The van der Waals surface area contributed by atoms with E-state index in [4.69, 9.17) is 4.74 Å². The molecule has 2 heterocycles. The highest BCUT2D eigenvalue weighted by Gasteiger charge is 2.32. The average molecular weight is 310 g/mol. The number of aryl methyl sites for hydroxylation is 1. The predicted octanol–water partition coefficient (Wildman–Crippen LogP) is 3.67. The fraction of sp³-hybridized carbons (Fsp3) is 0.312. The van der Waals surface area contributed by atoms with Gasteiger partial charge < -0.3 is 10.5 Å². The number of benzene rings is 1. The summed E-state index contributed by atoms with van der Waals surface area (Å²) in [4.78, 5) is 3.49. The van der Waals surface area contributed by atoms with Crippen LogP contribution >= 0.6 is 0 Å². The number of pyridine rings is 1. The molecule has 0 saturated heterocycles. The quantitative estimate of drug-likeness (QED) is 0.874. The lowest BCUT2D eigenvalue weighted by atomic mass is 9.98. The van der Waals surface area contributed by atoms with Crippen molar-refractivity contribution in [3.63, 3.8) is 0 Å². The molecule has 0 unspecified atom stereocenters. The fourth-order valence-corrected chi connectivity index (χ4v) is 2.34. The standard InChI is InChI=1S/C15H12F3NO.CH5N/c16-15(17,18)13-7-6-11(9-19-13)12-5-1-3-10-4-2-8-20-14(10)12;1-2/h1,3,5-7,9H,2,4,8H2;2H2,1H3. The normalized spacial score (nSPS) is 13.5. The van der Waals surface area contributed by atoms with Crippen molar-refractivity contribution in [1.82, 2.24) is 4.98 Å². The van der Waals surface area contributed by atoms with E-state index in [1.165, 1.54) is 19.3 Å². The molecule has 2 aromatic rings. The van der Waals surface area contributed by atoms with Crippen molar-refractivity contribution in [2.75, 3.05) is 13.7 Å². The van der Waals surface area contributed by atoms with Crippen molar-refractivity contribution in [1.29, 1.82) is 0 Å². The molecule has 0 spiro atoms. The predicted molar refractivity (Wildman–Crippen MR) is 78.6 cm³/mol. The molecule has 118 valence electrons. The van der Waals surface area contributed by atoms with Gasteiger partial charge in [-0.1, -0.05) is 24.3 Å². The number of nitrogens with two attached hydrogens (primary N) is 1. The number of nitrogens with zero attached hydrogens (tertiary/aromatic N) is 1. The van der Waals surface area contributed by atoms with Gasteiger partial charge in [-0.05, 0) is 31.5 Å². The maximum atomic E-state index is 12.5. The highest BCUT2D eigenvalue weighted by atomic mass is 19.4. The van der Waals surface area contributed by atoms with Gasteiger partial charge in [0.1, 0.15) is 11.4 Å². The Hall–Kier alpha value is -2.08. The minimum absolute atomic E-state index is 0.636. The smallest absolute Gasteiger partial charge is 0.433 e. The monoisotopic (exact) mass is 310 g/mol. The third-order valence-corrected chi connectivity index (χ3v) is 3.30. The van der Waals surface area contributed by atoms with Crippen molar-refractivity contribution in [3.05, 3.63) is 47.8 Å². The molecule has 3 rings (SSSR count). The van der Waals surface area contributed by atoms with E-state index >= 15 is 0 Å². The molecule has 1 aromatic carbocycles. The van der Waals surface area contributed by atoms with E-state index in [2.05, 4.69) is 10.7 Å². The van der Waals surface area contributed by atoms with E-state index in [9.17, 15) is 13.2 Å². The molecule has 22 heavy (non-hydrogen) atoms. The maximum absolute atomic E-state index is 12.5. The number of alkyl halides is 3. The van der Waals surface area contributed by atoms with E-state index in [1.807, 2.05) is 18.2 Å². The Bertz CT molecular complexity index is 624. The lowest BCUT2D eigenvalue weighted by Crippen LogP contribution is -2.10. The Balaban J connectivity index is 0.000000847. The Morgan fingerprint density at radius 2 is 1.91 bits per heavy atom. The third kappa shape index (κ3) is 3.39. The summed E-state index contributed by atoms with van der Waals surface area (Å²) in [6.07, 6.45) is -1.28. The van der Waals surface area contributed by atoms with Gasteiger partial charge in [0.05, 0.1) is 6.61 Å². The molecular weight excluding hydrogens is 293 g/mol. The number of aromatic nitrogens is 1. The summed E-state index contributed by atoms with van der Waals surface area (Å²) < 4.78 is 43.2. The first kappa shape index (κ1) is 16.3. The van der Waals surface area contributed by atoms with Crippen LogP contribution in [0.25, 0.3) is 11.1 Å². The highest BCUT2D eigenvalue weighted by Crippen LogP contribution is 2.36. The molecule has 3 nitrogen and oxygen atoms in total. The summed E-state index contributed by atoms with van der Waals surface area (Å²) in [5, 5.41) is 0. The van der Waals surface area contributed by atoms with Crippen LogP contribution in [0.3, 0.4) is 0 Å². The molecular formula is C16H17F3N2O. The van der Waals surface area contributed by atoms with Gasteiger partial charge in [-0.2, -0.15) is 13.2 Å². The van der Waals surface area contributed by atoms with Crippen molar-refractivity contribution < 1.29 is 17.9 Å². The lowest BCUT2D eigenvalue weighted by Gasteiger charge is -2.20. The molecule has 6 heteroatoms. The van der Waals surface area contributed by atoms with Gasteiger partial charge in [0.25, 0.3) is 0 Å². The number of para-hydroxylation sites is 1. The molecule has 1 aromatic heterocycles. The van der Waals surface area contributed by atoms with Gasteiger partial charge in [-0.3, -0.25) is 4.98 Å². The van der Waals surface area contributed by atoms with Gasteiger partial charge in [0.15, 0.2) is 0 Å². The molecule has 0 aliphatic carbocycles. The molecule has 2 N–H and O–H groups in total. The molecule has 1 aliphatic rings. The zero-order valence-corrected chi connectivity index (χ0v) is 12.2. The minimum Gasteiger partial charge on any atom is -0.493 e. The van der Waals surface area contributed by atoms with Gasteiger partial charge in [-0.25, -0.2) is 0 Å². The molecule has 0 amide bonds. The fourth-order valence-electron chi connectivity index (χ4n) is 2.34. The Labute approximate surface area is 126 Å². The number of fused-ring (bicyclic) bond motifs is 1. The van der Waals surface area contributed by atoms with E-state index in [1.54, 1.807) is 0 Å². The molecule has 1 aliphatic heterocycles. The van der Waals surface area contributed by atoms with E-state index in [0.717, 1.165) is 35.8 Å². The number of rotatable bonds is 1. The lowest BCUT2D eigenvalue weighted by molar-refractivity contribution is -0.141. The first-order valence-electron chi connectivity index (χ1n) is 6.92. The number of hydrogen-bond donors (Lipinski definition) is 1. The van der Waals surface area contributed by atoms with Crippen LogP contribution in [0.2, 0.25) is 0 Å². The second kappa shape index (κ2) is 6.79. The van der Waals surface area contributed by atoms with Crippen LogP contribution in [0.1, 0.15) is 17.7 Å². The Morgan fingerprint density at radius 1 is 1.14 bits per heavy atom. The zero-order chi connectivity index (χ0) is 16.2. The SMILES string of the molecule is CN.FC(F)(F)c1ccc(-c2cccc3c2OCCC3)cn1. The van der Waals surface area contributed by atoms with Crippen molar-refractivity contribution >= 4 is 0 Å². The summed E-state index contributed by atoms with van der Waals surface area (Å²) in [5.74, 6) is 0.764. The number of halogens is 3. The van der Waals surface area contributed by atoms with Crippen LogP contribution in [0.15, 0.2) is 36.5 Å². The average Bonchev–Trinajstić information content (AvgIpc) is 2.55. The number of hydrogen-bond acceptors (Lipinski definition) is 3. The van der Waals surface area contributed by atoms with Crippen LogP contribution in [-0.2, 0) is 12.6 Å². The Kier molecular flexibility index (Phi) is 5.03. The second-order valence-corrected chi connectivity index (χ2v) is 4.68. The van der Waals surface area contributed by atoms with Gasteiger partial charge in [0.2, 0.25) is 0 Å². The van der Waals surface area contributed by atoms with Crippen LogP contribution < -0.4 is 10.5 Å². The van der Waals surface area contributed by atoms with E-state index < -0.39 is 11.9 Å². The molecule has 0 fully saturated rings. The van der Waals surface area contributed by atoms with Crippen LogP contribution in [0, 0.1) is 0 Å². The van der Waals surface area contributed by atoms with E-state index in [-0.39, 0.29) is 0 Å². The highest BCUT2D eigenvalue weighted by molar-refractivity contribution is 5.72. The summed E-state index contributed by atoms with van der Waals surface area (Å²) in [7, 11) is 1.50. The first-order valence-corrected chi connectivity index (χ1v) is 6.92. The Morgan fingerprint density at radius 3 is 2.55 bits per heavy atom. The van der Waals surface area contributed by atoms with Crippen LogP contribution in [0.4, 0.5) is 13.2 Å². The molecule has 0 radical (unpaired) electrons. The maximum Gasteiger partial charge on any atom is 0.433 e. The van der Waals surface area contributed by atoms with E-state index in [0.29, 0.717) is 12.2 Å². The summed E-state index contributed by atoms with van der Waals surface area (Å²) in [5.41, 5.74) is 6.14.